The van der Waals surface area contributed by atoms with E-state index in [1.54, 1.807) is 6.07 Å². The monoisotopic (exact) mass is 364 g/mol. The smallest absolute Gasteiger partial charge is 0.193 e. The maximum atomic E-state index is 13.1. The Kier molecular flexibility index (Phi) is 6.32. The minimum absolute atomic E-state index is 0.301. The van der Waals surface area contributed by atoms with E-state index in [9.17, 15) is 4.39 Å². The highest BCUT2D eigenvalue weighted by molar-refractivity contribution is 6.31. The van der Waals surface area contributed by atoms with Crippen molar-refractivity contribution in [3.05, 3.63) is 46.8 Å². The molecule has 1 atom stereocenters. The molecule has 3 rings (SSSR count). The second-order valence-corrected chi connectivity index (χ2v) is 6.94. The number of aliphatic imine (C=N–C) groups is 1. The lowest BCUT2D eigenvalue weighted by Crippen LogP contribution is -2.43. The van der Waals surface area contributed by atoms with Gasteiger partial charge in [0.25, 0.3) is 0 Å². The molecule has 1 unspecified atom stereocenters. The van der Waals surface area contributed by atoms with Gasteiger partial charge in [-0.15, -0.1) is 0 Å². The fraction of sp³-hybridized carbons (Fsp3) is 0.526. The SMILES string of the molecule is CCNC(=NCCc1ccc(F)cc1Cl)N1CCC(N2CC=CC2)C1. The lowest BCUT2D eigenvalue weighted by atomic mass is 10.1. The standard InChI is InChI=1S/C19H26ClFN4/c1-2-22-19(23-9-7-15-5-6-16(21)13-18(15)20)25-12-8-17(14-25)24-10-3-4-11-24/h3-6,13,17H,2,7-12,14H2,1H3,(H,22,23). The summed E-state index contributed by atoms with van der Waals surface area (Å²) < 4.78 is 13.1. The molecular formula is C19H26ClFN4. The highest BCUT2D eigenvalue weighted by Gasteiger charge is 2.29. The number of nitrogens with one attached hydrogen (secondary N) is 1. The van der Waals surface area contributed by atoms with Gasteiger partial charge in [-0.05, 0) is 37.5 Å². The first-order valence-corrected chi connectivity index (χ1v) is 9.41. The van der Waals surface area contributed by atoms with Gasteiger partial charge in [-0.1, -0.05) is 29.8 Å². The third kappa shape index (κ3) is 4.73. The lowest BCUT2D eigenvalue weighted by Gasteiger charge is -2.25. The summed E-state index contributed by atoms with van der Waals surface area (Å²) in [6.07, 6.45) is 6.37. The van der Waals surface area contributed by atoms with Crippen LogP contribution in [-0.2, 0) is 6.42 Å². The van der Waals surface area contributed by atoms with Gasteiger partial charge >= 0.3 is 0 Å². The van der Waals surface area contributed by atoms with Gasteiger partial charge in [-0.2, -0.15) is 0 Å². The number of benzene rings is 1. The van der Waals surface area contributed by atoms with Crippen LogP contribution in [0.4, 0.5) is 4.39 Å². The van der Waals surface area contributed by atoms with Gasteiger partial charge in [0, 0.05) is 50.3 Å². The summed E-state index contributed by atoms with van der Waals surface area (Å²) in [5.41, 5.74) is 0.935. The van der Waals surface area contributed by atoms with Crippen molar-refractivity contribution in [2.45, 2.75) is 25.8 Å². The summed E-state index contributed by atoms with van der Waals surface area (Å²) in [5, 5.41) is 3.87. The zero-order valence-electron chi connectivity index (χ0n) is 14.7. The number of halogens is 2. The van der Waals surface area contributed by atoms with Crippen LogP contribution in [0, 0.1) is 5.82 Å². The Morgan fingerprint density at radius 3 is 2.88 bits per heavy atom. The first kappa shape index (κ1) is 18.2. The Labute approximate surface area is 154 Å². The minimum atomic E-state index is -0.301. The maximum Gasteiger partial charge on any atom is 0.193 e. The zero-order chi connectivity index (χ0) is 17.6. The van der Waals surface area contributed by atoms with Gasteiger partial charge in [0.2, 0.25) is 0 Å². The first-order valence-electron chi connectivity index (χ1n) is 9.03. The van der Waals surface area contributed by atoms with Crippen molar-refractivity contribution in [2.24, 2.45) is 4.99 Å². The van der Waals surface area contributed by atoms with Gasteiger partial charge in [0.15, 0.2) is 5.96 Å². The molecule has 0 radical (unpaired) electrons. The fourth-order valence-corrected chi connectivity index (χ4v) is 3.72. The molecule has 136 valence electrons. The van der Waals surface area contributed by atoms with Crippen molar-refractivity contribution >= 4 is 17.6 Å². The van der Waals surface area contributed by atoms with Crippen molar-refractivity contribution in [1.82, 2.24) is 15.1 Å². The van der Waals surface area contributed by atoms with Crippen LogP contribution in [0.3, 0.4) is 0 Å². The Hall–Kier alpha value is -1.59. The summed E-state index contributed by atoms with van der Waals surface area (Å²) in [4.78, 5) is 9.62. The van der Waals surface area contributed by atoms with Crippen LogP contribution in [0.5, 0.6) is 0 Å². The van der Waals surface area contributed by atoms with Crippen molar-refractivity contribution in [1.29, 1.82) is 0 Å². The van der Waals surface area contributed by atoms with E-state index < -0.39 is 0 Å². The fourth-order valence-electron chi connectivity index (χ4n) is 3.46. The molecule has 6 heteroatoms. The molecule has 1 aromatic rings. The number of likely N-dealkylation sites (tertiary alicyclic amines) is 1. The lowest BCUT2D eigenvalue weighted by molar-refractivity contribution is 0.259. The summed E-state index contributed by atoms with van der Waals surface area (Å²) in [6, 6.07) is 5.16. The molecule has 0 aromatic heterocycles. The van der Waals surface area contributed by atoms with Gasteiger partial charge in [0.1, 0.15) is 5.82 Å². The molecule has 1 saturated heterocycles. The molecule has 1 N–H and O–H groups in total. The Morgan fingerprint density at radius 1 is 1.36 bits per heavy atom. The van der Waals surface area contributed by atoms with Gasteiger partial charge in [-0.25, -0.2) is 4.39 Å². The molecule has 1 fully saturated rings. The summed E-state index contributed by atoms with van der Waals surface area (Å²) >= 11 is 6.10. The molecule has 0 aliphatic carbocycles. The molecule has 0 spiro atoms. The van der Waals surface area contributed by atoms with E-state index in [-0.39, 0.29) is 5.82 Å². The molecular weight excluding hydrogens is 339 g/mol. The first-order chi connectivity index (χ1) is 12.2. The van der Waals surface area contributed by atoms with Crippen molar-refractivity contribution < 1.29 is 4.39 Å². The van der Waals surface area contributed by atoms with E-state index in [1.165, 1.54) is 18.6 Å². The minimum Gasteiger partial charge on any atom is -0.357 e. The highest BCUT2D eigenvalue weighted by atomic mass is 35.5. The molecule has 0 amide bonds. The Balaban J connectivity index is 1.57. The van der Waals surface area contributed by atoms with E-state index in [1.807, 2.05) is 0 Å². The number of hydrogen-bond acceptors (Lipinski definition) is 2. The van der Waals surface area contributed by atoms with Crippen molar-refractivity contribution in [2.75, 3.05) is 39.3 Å². The number of hydrogen-bond donors (Lipinski definition) is 1. The predicted octanol–water partition coefficient (Wildman–Crippen LogP) is 2.93. The van der Waals surface area contributed by atoms with Crippen LogP contribution in [0.2, 0.25) is 5.02 Å². The molecule has 2 aliphatic heterocycles. The summed E-state index contributed by atoms with van der Waals surface area (Å²) in [5.74, 6) is 0.667. The average Bonchev–Trinajstić information content (AvgIpc) is 3.27. The third-order valence-corrected chi connectivity index (χ3v) is 5.17. The van der Waals surface area contributed by atoms with E-state index in [4.69, 9.17) is 16.6 Å². The van der Waals surface area contributed by atoms with Gasteiger partial charge in [0.05, 0.1) is 0 Å². The molecule has 1 aromatic carbocycles. The van der Waals surface area contributed by atoms with E-state index in [2.05, 4.69) is 34.2 Å². The normalized spacial score (nSPS) is 21.3. The second kappa shape index (κ2) is 8.68. The van der Waals surface area contributed by atoms with Crippen LogP contribution >= 0.6 is 11.6 Å². The predicted molar refractivity (Wildman–Crippen MR) is 102 cm³/mol. The van der Waals surface area contributed by atoms with E-state index >= 15 is 0 Å². The second-order valence-electron chi connectivity index (χ2n) is 6.54. The van der Waals surface area contributed by atoms with Crippen LogP contribution in [0.25, 0.3) is 0 Å². The van der Waals surface area contributed by atoms with Crippen LogP contribution in [0.1, 0.15) is 18.9 Å². The third-order valence-electron chi connectivity index (χ3n) is 4.82. The number of guanidine groups is 1. The van der Waals surface area contributed by atoms with E-state index in [0.29, 0.717) is 24.0 Å². The van der Waals surface area contributed by atoms with E-state index in [0.717, 1.165) is 44.2 Å². The molecule has 2 heterocycles. The summed E-state index contributed by atoms with van der Waals surface area (Å²) in [6.45, 7) is 7.76. The Bertz CT molecular complexity index is 638. The van der Waals surface area contributed by atoms with Crippen LogP contribution < -0.4 is 5.32 Å². The van der Waals surface area contributed by atoms with Gasteiger partial charge in [-0.3, -0.25) is 9.89 Å². The molecule has 0 bridgehead atoms. The number of rotatable bonds is 5. The molecule has 2 aliphatic rings. The maximum absolute atomic E-state index is 13.1. The molecule has 25 heavy (non-hydrogen) atoms. The molecule has 4 nitrogen and oxygen atoms in total. The number of nitrogens with zero attached hydrogens (tertiary/aromatic N) is 3. The summed E-state index contributed by atoms with van der Waals surface area (Å²) in [7, 11) is 0. The van der Waals surface area contributed by atoms with Crippen molar-refractivity contribution in [3.63, 3.8) is 0 Å². The van der Waals surface area contributed by atoms with Crippen LogP contribution in [0.15, 0.2) is 35.3 Å². The van der Waals surface area contributed by atoms with Gasteiger partial charge < -0.3 is 10.2 Å². The average molecular weight is 365 g/mol. The zero-order valence-corrected chi connectivity index (χ0v) is 15.5. The quantitative estimate of drug-likeness (QED) is 0.495. The topological polar surface area (TPSA) is 30.9 Å². The van der Waals surface area contributed by atoms with Crippen LogP contribution in [-0.4, -0.2) is 61.1 Å². The Morgan fingerprint density at radius 2 is 2.16 bits per heavy atom. The highest BCUT2D eigenvalue weighted by Crippen LogP contribution is 2.19. The largest absolute Gasteiger partial charge is 0.357 e. The molecule has 0 saturated carbocycles. The van der Waals surface area contributed by atoms with Crippen molar-refractivity contribution in [3.8, 4) is 0 Å².